The maximum absolute atomic E-state index is 12.0. The molecule has 1 aliphatic carbocycles. The van der Waals surface area contributed by atoms with Crippen molar-refractivity contribution < 1.29 is 20.1 Å². The number of phenolic OH excluding ortho intramolecular Hbond substituents is 1. The lowest BCUT2D eigenvalue weighted by Crippen LogP contribution is -2.22. The van der Waals surface area contributed by atoms with Gasteiger partial charge in [-0.15, -0.1) is 0 Å². The van der Waals surface area contributed by atoms with Crippen molar-refractivity contribution in [3.8, 4) is 11.5 Å². The molecular formula is C21H21NO4. The lowest BCUT2D eigenvalue weighted by Gasteiger charge is -2.07. The molecule has 1 amide bonds. The highest BCUT2D eigenvalue weighted by atomic mass is 16.3. The summed E-state index contributed by atoms with van der Waals surface area (Å²) in [6.45, 7) is 0.243. The Hall–Kier alpha value is -3.05. The zero-order valence-corrected chi connectivity index (χ0v) is 14.3. The van der Waals surface area contributed by atoms with Crippen LogP contribution >= 0.6 is 0 Å². The predicted molar refractivity (Wildman–Crippen MR) is 100 cm³/mol. The Morgan fingerprint density at radius 3 is 2.81 bits per heavy atom. The van der Waals surface area contributed by atoms with Crippen LogP contribution in [0.4, 0.5) is 0 Å². The van der Waals surface area contributed by atoms with Crippen LogP contribution in [0.3, 0.4) is 0 Å². The van der Waals surface area contributed by atoms with Crippen LogP contribution in [0, 0.1) is 0 Å². The average Bonchev–Trinajstić information content (AvgIpc) is 3.03. The third-order valence-corrected chi connectivity index (χ3v) is 4.40. The molecule has 0 bridgehead atoms. The molecule has 2 aromatic rings. The van der Waals surface area contributed by atoms with Gasteiger partial charge in [0.2, 0.25) is 5.91 Å². The summed E-state index contributed by atoms with van der Waals surface area (Å²) in [7, 11) is 0. The van der Waals surface area contributed by atoms with Crippen LogP contribution in [-0.2, 0) is 17.8 Å². The van der Waals surface area contributed by atoms with E-state index in [1.54, 1.807) is 30.3 Å². The lowest BCUT2D eigenvalue weighted by atomic mass is 10.0. The molecule has 0 atom stereocenters. The molecule has 5 nitrogen and oxygen atoms in total. The van der Waals surface area contributed by atoms with Crippen LogP contribution in [-0.4, -0.2) is 27.8 Å². The van der Waals surface area contributed by atoms with Gasteiger partial charge in [-0.3, -0.25) is 4.79 Å². The summed E-state index contributed by atoms with van der Waals surface area (Å²) >= 11 is 0. The molecule has 0 saturated carbocycles. The monoisotopic (exact) mass is 351 g/mol. The molecule has 0 spiro atoms. The molecule has 0 aliphatic heterocycles. The number of hydrogen-bond acceptors (Lipinski definition) is 4. The number of aliphatic hydroxyl groups excluding tert-OH is 1. The number of aliphatic hydroxyl groups is 1. The van der Waals surface area contributed by atoms with Crippen molar-refractivity contribution in [2.45, 2.75) is 19.4 Å². The number of phenols is 2. The Morgan fingerprint density at radius 1 is 1.15 bits per heavy atom. The molecule has 5 heteroatoms. The van der Waals surface area contributed by atoms with Gasteiger partial charge in [0, 0.05) is 18.2 Å². The van der Waals surface area contributed by atoms with Crippen LogP contribution in [0.15, 0.2) is 48.6 Å². The largest absolute Gasteiger partial charge is 0.508 e. The summed E-state index contributed by atoms with van der Waals surface area (Å²) in [5.74, 6) is 0.0725. The first kappa shape index (κ1) is 17.8. The second-order valence-electron chi connectivity index (χ2n) is 6.20. The topological polar surface area (TPSA) is 89.8 Å². The van der Waals surface area contributed by atoms with Crippen LogP contribution in [0.2, 0.25) is 0 Å². The maximum Gasteiger partial charge on any atom is 0.244 e. The van der Waals surface area contributed by atoms with Gasteiger partial charge >= 0.3 is 0 Å². The molecule has 4 N–H and O–H groups in total. The highest BCUT2D eigenvalue weighted by Gasteiger charge is 2.14. The maximum atomic E-state index is 12.0. The molecule has 134 valence electrons. The Morgan fingerprint density at radius 2 is 2.00 bits per heavy atom. The van der Waals surface area contributed by atoms with Gasteiger partial charge in [-0.05, 0) is 65.4 Å². The molecule has 0 fully saturated rings. The fraction of sp³-hybridized carbons (Fsp3) is 0.190. The van der Waals surface area contributed by atoms with Crippen molar-refractivity contribution in [3.05, 3.63) is 70.8 Å². The highest BCUT2D eigenvalue weighted by molar-refractivity contribution is 5.91. The molecule has 0 aromatic heterocycles. The van der Waals surface area contributed by atoms with E-state index < -0.39 is 0 Å². The Labute approximate surface area is 151 Å². The Kier molecular flexibility index (Phi) is 5.39. The van der Waals surface area contributed by atoms with E-state index in [2.05, 4.69) is 11.4 Å². The van der Waals surface area contributed by atoms with E-state index in [-0.39, 0.29) is 24.0 Å². The van der Waals surface area contributed by atoms with E-state index in [9.17, 15) is 15.0 Å². The smallest absolute Gasteiger partial charge is 0.244 e. The highest BCUT2D eigenvalue weighted by Crippen LogP contribution is 2.31. The molecule has 0 radical (unpaired) electrons. The normalized spacial score (nSPS) is 12.9. The number of rotatable bonds is 6. The second kappa shape index (κ2) is 7.89. The zero-order valence-electron chi connectivity index (χ0n) is 14.3. The number of aromatic hydroxyl groups is 2. The summed E-state index contributed by atoms with van der Waals surface area (Å²) in [6.07, 6.45) is 6.74. The fourth-order valence-corrected chi connectivity index (χ4v) is 3.01. The molecule has 26 heavy (non-hydrogen) atoms. The average molecular weight is 351 g/mol. The standard InChI is InChI=1S/C21H21NO4/c23-13-17-11-14(1-7-20(17)25)2-8-21(26)22-10-9-16-4-3-15-5-6-18(24)12-19(15)16/h1-2,4-8,11-12,23-25H,3,9-10,13H2,(H,22,26)/b8-2+. The molecule has 0 unspecified atom stereocenters. The van der Waals surface area contributed by atoms with Crippen molar-refractivity contribution >= 4 is 17.6 Å². The number of carbonyl (C=O) groups is 1. The van der Waals surface area contributed by atoms with Crippen molar-refractivity contribution in [3.63, 3.8) is 0 Å². The van der Waals surface area contributed by atoms with Crippen LogP contribution in [0.25, 0.3) is 11.6 Å². The van der Waals surface area contributed by atoms with Crippen LogP contribution in [0.5, 0.6) is 11.5 Å². The van der Waals surface area contributed by atoms with Gasteiger partial charge in [-0.1, -0.05) is 18.2 Å². The van der Waals surface area contributed by atoms with Crippen LogP contribution < -0.4 is 5.32 Å². The number of allylic oxidation sites excluding steroid dienone is 1. The molecule has 3 rings (SSSR count). The van der Waals surface area contributed by atoms with Gasteiger partial charge in [-0.25, -0.2) is 0 Å². The van der Waals surface area contributed by atoms with E-state index in [0.717, 1.165) is 23.1 Å². The van der Waals surface area contributed by atoms with Gasteiger partial charge in [0.1, 0.15) is 11.5 Å². The summed E-state index contributed by atoms with van der Waals surface area (Å²) in [6, 6.07) is 10.2. The van der Waals surface area contributed by atoms with Gasteiger partial charge in [0.25, 0.3) is 0 Å². The van der Waals surface area contributed by atoms with E-state index in [4.69, 9.17) is 5.11 Å². The third kappa shape index (κ3) is 4.13. The summed E-state index contributed by atoms with van der Waals surface area (Å²) < 4.78 is 0. The SMILES string of the molecule is O=C(/C=C/c1ccc(O)c(CO)c1)NCCC1=CCc2ccc(O)cc21. The van der Waals surface area contributed by atoms with E-state index in [1.165, 1.54) is 17.7 Å². The zero-order chi connectivity index (χ0) is 18.5. The summed E-state index contributed by atoms with van der Waals surface area (Å²) in [5, 5.41) is 31.1. The second-order valence-corrected chi connectivity index (χ2v) is 6.20. The van der Waals surface area contributed by atoms with Gasteiger partial charge in [0.05, 0.1) is 6.61 Å². The lowest BCUT2D eigenvalue weighted by molar-refractivity contribution is -0.116. The first-order chi connectivity index (χ1) is 12.6. The first-order valence-corrected chi connectivity index (χ1v) is 8.47. The number of fused-ring (bicyclic) bond motifs is 1. The number of benzene rings is 2. The first-order valence-electron chi connectivity index (χ1n) is 8.47. The van der Waals surface area contributed by atoms with Crippen molar-refractivity contribution in [2.24, 2.45) is 0 Å². The summed E-state index contributed by atoms with van der Waals surface area (Å²) in [4.78, 5) is 12.0. The van der Waals surface area contributed by atoms with E-state index in [0.29, 0.717) is 18.5 Å². The van der Waals surface area contributed by atoms with Gasteiger partial charge in [0.15, 0.2) is 0 Å². The molecular weight excluding hydrogens is 330 g/mol. The molecule has 2 aromatic carbocycles. The van der Waals surface area contributed by atoms with Crippen molar-refractivity contribution in [1.29, 1.82) is 0 Å². The number of amides is 1. The van der Waals surface area contributed by atoms with Gasteiger partial charge in [-0.2, -0.15) is 0 Å². The predicted octanol–water partition coefficient (Wildman–Crippen LogP) is 2.75. The quantitative estimate of drug-likeness (QED) is 0.603. The van der Waals surface area contributed by atoms with E-state index >= 15 is 0 Å². The molecule has 1 aliphatic rings. The summed E-state index contributed by atoms with van der Waals surface area (Å²) in [5.41, 5.74) is 4.52. The Bertz CT molecular complexity index is 884. The third-order valence-electron chi connectivity index (χ3n) is 4.40. The minimum absolute atomic E-state index is 0.0326. The number of hydrogen-bond donors (Lipinski definition) is 4. The Balaban J connectivity index is 1.52. The number of carbonyl (C=O) groups excluding carboxylic acids is 1. The minimum atomic E-state index is -0.258. The molecule has 0 saturated heterocycles. The van der Waals surface area contributed by atoms with Crippen molar-refractivity contribution in [1.82, 2.24) is 5.32 Å². The number of nitrogens with one attached hydrogen (secondary N) is 1. The fourth-order valence-electron chi connectivity index (χ4n) is 3.01. The van der Waals surface area contributed by atoms with Crippen molar-refractivity contribution in [2.75, 3.05) is 6.54 Å². The minimum Gasteiger partial charge on any atom is -0.508 e. The molecule has 0 heterocycles. The van der Waals surface area contributed by atoms with E-state index in [1.807, 2.05) is 6.07 Å². The van der Waals surface area contributed by atoms with Crippen LogP contribution in [0.1, 0.15) is 28.7 Å². The van der Waals surface area contributed by atoms with Gasteiger partial charge < -0.3 is 20.6 Å².